The number of tetrazole rings is 1. The molecule has 3 rings (SSSR count). The first-order valence-electron chi connectivity index (χ1n) is 6.70. The average molecular weight is 330 g/mol. The Labute approximate surface area is 136 Å². The van der Waals surface area contributed by atoms with E-state index in [1.807, 2.05) is 30.3 Å². The number of nitrogen functional groups attached to an aromatic ring is 1. The highest BCUT2D eigenvalue weighted by Crippen LogP contribution is 2.19. The van der Waals surface area contributed by atoms with Crippen molar-refractivity contribution in [3.05, 3.63) is 64.9 Å². The molecule has 0 unspecified atom stereocenters. The van der Waals surface area contributed by atoms with Gasteiger partial charge < -0.3 is 10.5 Å². The number of nitrogens with two attached hydrogens (primary N) is 1. The summed E-state index contributed by atoms with van der Waals surface area (Å²) in [6, 6.07) is 13.9. The summed E-state index contributed by atoms with van der Waals surface area (Å²) in [5.41, 5.74) is 7.03. The number of halogens is 1. The highest BCUT2D eigenvalue weighted by molar-refractivity contribution is 6.31. The molecule has 0 aliphatic rings. The van der Waals surface area contributed by atoms with E-state index in [4.69, 9.17) is 22.1 Å². The molecule has 0 bridgehead atoms. The average Bonchev–Trinajstić information content (AvgIpc) is 3.02. The fraction of sp³-hybridized carbons (Fsp3) is 0.0667. The van der Waals surface area contributed by atoms with Crippen molar-refractivity contribution in [1.82, 2.24) is 20.2 Å². The lowest BCUT2D eigenvalue weighted by Crippen LogP contribution is -2.11. The lowest BCUT2D eigenvalue weighted by Gasteiger charge is -2.07. The Morgan fingerprint density at radius 3 is 2.74 bits per heavy atom. The Bertz CT molecular complexity index is 835. The molecule has 0 aliphatic heterocycles. The van der Waals surface area contributed by atoms with Gasteiger partial charge in [-0.05, 0) is 40.8 Å². The van der Waals surface area contributed by atoms with E-state index in [1.54, 1.807) is 6.07 Å². The predicted octanol–water partition coefficient (Wildman–Crippen LogP) is 2.25. The molecule has 0 atom stereocenters. The quantitative estimate of drug-likeness (QED) is 0.582. The summed E-state index contributed by atoms with van der Waals surface area (Å²) in [6.07, 6.45) is 0. The highest BCUT2D eigenvalue weighted by Gasteiger charge is 2.15. The van der Waals surface area contributed by atoms with Crippen molar-refractivity contribution in [1.29, 1.82) is 0 Å². The van der Waals surface area contributed by atoms with Gasteiger partial charge in [0, 0.05) is 10.7 Å². The first-order chi connectivity index (χ1) is 11.1. The van der Waals surface area contributed by atoms with Gasteiger partial charge in [-0.3, -0.25) is 0 Å². The number of anilines is 1. The summed E-state index contributed by atoms with van der Waals surface area (Å²) in [5, 5.41) is 11.8. The molecule has 0 amide bonds. The molecule has 2 aromatic carbocycles. The molecule has 3 aromatic rings. The monoisotopic (exact) mass is 329 g/mol. The second kappa shape index (κ2) is 6.45. The maximum absolute atomic E-state index is 12.1. The fourth-order valence-electron chi connectivity index (χ4n) is 1.99. The zero-order chi connectivity index (χ0) is 16.2. The van der Waals surface area contributed by atoms with Crippen LogP contribution in [-0.4, -0.2) is 26.2 Å². The molecule has 1 aromatic heterocycles. The van der Waals surface area contributed by atoms with Crippen LogP contribution in [0.15, 0.2) is 48.5 Å². The van der Waals surface area contributed by atoms with E-state index in [0.717, 1.165) is 5.69 Å². The van der Waals surface area contributed by atoms with E-state index in [2.05, 4.69) is 15.5 Å². The number of aromatic nitrogens is 4. The summed E-state index contributed by atoms with van der Waals surface area (Å²) >= 11 is 5.81. The van der Waals surface area contributed by atoms with E-state index in [0.29, 0.717) is 10.8 Å². The summed E-state index contributed by atoms with van der Waals surface area (Å²) in [5.74, 6) is -0.168. The van der Waals surface area contributed by atoms with E-state index in [-0.39, 0.29) is 17.9 Å². The maximum Gasteiger partial charge on any atom is 0.340 e. The Morgan fingerprint density at radius 2 is 2.00 bits per heavy atom. The molecule has 7 nitrogen and oxygen atoms in total. The summed E-state index contributed by atoms with van der Waals surface area (Å²) < 4.78 is 6.73. The Hall–Kier alpha value is -2.93. The number of para-hydroxylation sites is 1. The van der Waals surface area contributed by atoms with Gasteiger partial charge in [-0.25, -0.2) is 4.79 Å². The minimum absolute atomic E-state index is 0.0806. The van der Waals surface area contributed by atoms with Crippen molar-refractivity contribution in [3.8, 4) is 5.69 Å². The van der Waals surface area contributed by atoms with Crippen LogP contribution in [0.2, 0.25) is 5.02 Å². The minimum atomic E-state index is -0.568. The third-order valence-corrected chi connectivity index (χ3v) is 3.34. The molecule has 0 spiro atoms. The molecule has 0 radical (unpaired) electrons. The van der Waals surface area contributed by atoms with Gasteiger partial charge in [-0.15, -0.1) is 5.10 Å². The van der Waals surface area contributed by atoms with Gasteiger partial charge in [0.15, 0.2) is 12.4 Å². The number of carbonyl (C=O) groups excluding carboxylic acids is 1. The van der Waals surface area contributed by atoms with Crippen molar-refractivity contribution in [2.45, 2.75) is 6.61 Å². The smallest absolute Gasteiger partial charge is 0.340 e. The Morgan fingerprint density at radius 1 is 1.22 bits per heavy atom. The first-order valence-corrected chi connectivity index (χ1v) is 7.08. The van der Waals surface area contributed by atoms with Gasteiger partial charge >= 0.3 is 5.97 Å². The third-order valence-electron chi connectivity index (χ3n) is 3.10. The van der Waals surface area contributed by atoms with Gasteiger partial charge in [0.25, 0.3) is 0 Å². The number of nitrogens with zero attached hydrogens (tertiary/aromatic N) is 4. The number of ether oxygens (including phenoxy) is 1. The van der Waals surface area contributed by atoms with E-state index in [9.17, 15) is 4.79 Å². The van der Waals surface area contributed by atoms with Crippen LogP contribution in [0.3, 0.4) is 0 Å². The molecule has 0 saturated carbocycles. The van der Waals surface area contributed by atoms with E-state index in [1.165, 1.54) is 16.8 Å². The molecule has 8 heteroatoms. The van der Waals surface area contributed by atoms with E-state index >= 15 is 0 Å². The number of hydrogen-bond donors (Lipinski definition) is 1. The van der Waals surface area contributed by atoms with Crippen LogP contribution in [0.5, 0.6) is 0 Å². The predicted molar refractivity (Wildman–Crippen MR) is 84.1 cm³/mol. The second-order valence-corrected chi connectivity index (χ2v) is 5.09. The normalized spacial score (nSPS) is 10.5. The summed E-state index contributed by atoms with van der Waals surface area (Å²) in [7, 11) is 0. The van der Waals surface area contributed by atoms with Crippen LogP contribution in [0, 0.1) is 0 Å². The van der Waals surface area contributed by atoms with Gasteiger partial charge in [0.05, 0.1) is 11.3 Å². The van der Waals surface area contributed by atoms with Crippen LogP contribution >= 0.6 is 11.6 Å². The van der Waals surface area contributed by atoms with Crippen LogP contribution in [0.4, 0.5) is 5.69 Å². The molecule has 116 valence electrons. The lowest BCUT2D eigenvalue weighted by molar-refractivity contribution is 0.0461. The maximum atomic E-state index is 12.1. The molecular formula is C15H12ClN5O2. The molecule has 0 fully saturated rings. The summed E-state index contributed by atoms with van der Waals surface area (Å²) in [6.45, 7) is -0.0806. The van der Waals surface area contributed by atoms with Crippen LogP contribution < -0.4 is 5.73 Å². The van der Waals surface area contributed by atoms with Crippen LogP contribution in [-0.2, 0) is 11.3 Å². The van der Waals surface area contributed by atoms with Crippen LogP contribution in [0.25, 0.3) is 5.69 Å². The summed E-state index contributed by atoms with van der Waals surface area (Å²) in [4.78, 5) is 12.1. The van der Waals surface area contributed by atoms with Gasteiger partial charge in [0.1, 0.15) is 0 Å². The molecular weight excluding hydrogens is 318 g/mol. The molecule has 0 saturated heterocycles. The van der Waals surface area contributed by atoms with Crippen molar-refractivity contribution in [3.63, 3.8) is 0 Å². The number of rotatable bonds is 4. The van der Waals surface area contributed by atoms with E-state index < -0.39 is 5.97 Å². The topological polar surface area (TPSA) is 95.9 Å². The van der Waals surface area contributed by atoms with Crippen molar-refractivity contribution < 1.29 is 9.53 Å². The van der Waals surface area contributed by atoms with Crippen molar-refractivity contribution >= 4 is 23.3 Å². The minimum Gasteiger partial charge on any atom is -0.454 e. The Balaban J connectivity index is 1.74. The van der Waals surface area contributed by atoms with Crippen molar-refractivity contribution in [2.24, 2.45) is 0 Å². The van der Waals surface area contributed by atoms with Gasteiger partial charge in [0.2, 0.25) is 0 Å². The lowest BCUT2D eigenvalue weighted by atomic mass is 10.2. The number of benzene rings is 2. The van der Waals surface area contributed by atoms with Crippen molar-refractivity contribution in [2.75, 3.05) is 5.73 Å². The number of hydrogen-bond acceptors (Lipinski definition) is 6. The molecule has 23 heavy (non-hydrogen) atoms. The molecule has 2 N–H and O–H groups in total. The Kier molecular flexibility index (Phi) is 4.20. The van der Waals surface area contributed by atoms with Gasteiger partial charge in [-0.2, -0.15) is 4.68 Å². The SMILES string of the molecule is Nc1cc(Cl)ccc1C(=O)OCc1nnnn1-c1ccccc1. The first kappa shape index (κ1) is 15.0. The molecule has 1 heterocycles. The standard InChI is InChI=1S/C15H12ClN5O2/c16-10-6-7-12(13(17)8-10)15(22)23-9-14-18-19-20-21(14)11-4-2-1-3-5-11/h1-8H,9,17H2. The third kappa shape index (κ3) is 3.29. The highest BCUT2D eigenvalue weighted by atomic mass is 35.5. The number of esters is 1. The zero-order valence-electron chi connectivity index (χ0n) is 11.9. The zero-order valence-corrected chi connectivity index (χ0v) is 12.6. The van der Waals surface area contributed by atoms with Gasteiger partial charge in [-0.1, -0.05) is 29.8 Å². The van der Waals surface area contributed by atoms with Crippen LogP contribution in [0.1, 0.15) is 16.2 Å². The molecule has 0 aliphatic carbocycles. The number of carbonyl (C=O) groups is 1. The fourth-order valence-corrected chi connectivity index (χ4v) is 2.17. The largest absolute Gasteiger partial charge is 0.454 e. The second-order valence-electron chi connectivity index (χ2n) is 4.65.